The highest BCUT2D eigenvalue weighted by Crippen LogP contribution is 2.20. The molecule has 5 heteroatoms. The molecule has 0 saturated heterocycles. The maximum Gasteiger partial charge on any atom is 0.209 e. The Morgan fingerprint density at radius 3 is 2.00 bits per heavy atom. The average molecular weight is 292 g/mol. The first kappa shape index (κ1) is 13.8. The van der Waals surface area contributed by atoms with Crippen LogP contribution in [0.25, 0.3) is 0 Å². The van der Waals surface area contributed by atoms with Crippen LogP contribution in [0.2, 0.25) is 0 Å². The van der Waals surface area contributed by atoms with Gasteiger partial charge in [-0.1, -0.05) is 48.2 Å². The summed E-state index contributed by atoms with van der Waals surface area (Å²) in [7, 11) is -3.55. The van der Waals surface area contributed by atoms with Gasteiger partial charge in [-0.05, 0) is 24.3 Å². The molecule has 3 nitrogen and oxygen atoms in total. The number of hydrogen-bond acceptors (Lipinski definition) is 4. The van der Waals surface area contributed by atoms with Crippen LogP contribution in [0.15, 0.2) is 70.5 Å². The van der Waals surface area contributed by atoms with Crippen molar-refractivity contribution in [2.45, 2.75) is 9.79 Å². The second-order valence-corrected chi connectivity index (χ2v) is 6.98. The molecule has 0 aromatic heterocycles. The van der Waals surface area contributed by atoms with E-state index in [-0.39, 0.29) is 10.0 Å². The SMILES string of the molecule is O=C(CS(=O)(=O)c1ccccc1)Sc1ccccc1. The molecule has 19 heavy (non-hydrogen) atoms. The molecule has 0 bridgehead atoms. The summed E-state index contributed by atoms with van der Waals surface area (Å²) in [4.78, 5) is 12.7. The van der Waals surface area contributed by atoms with Gasteiger partial charge in [-0.25, -0.2) is 8.42 Å². The third kappa shape index (κ3) is 3.94. The van der Waals surface area contributed by atoms with Gasteiger partial charge in [-0.2, -0.15) is 0 Å². The summed E-state index contributed by atoms with van der Waals surface area (Å²) in [6.07, 6.45) is 0. The van der Waals surface area contributed by atoms with E-state index in [0.717, 1.165) is 16.7 Å². The Labute approximate surface area is 116 Å². The largest absolute Gasteiger partial charge is 0.286 e. The molecule has 98 valence electrons. The smallest absolute Gasteiger partial charge is 0.209 e. The fourth-order valence-corrected chi connectivity index (χ4v) is 3.82. The molecule has 0 spiro atoms. The zero-order valence-electron chi connectivity index (χ0n) is 10.0. The number of thioether (sulfide) groups is 1. The van der Waals surface area contributed by atoms with E-state index in [0.29, 0.717) is 0 Å². The van der Waals surface area contributed by atoms with Gasteiger partial charge in [0.1, 0.15) is 5.75 Å². The minimum atomic E-state index is -3.55. The van der Waals surface area contributed by atoms with E-state index in [1.54, 1.807) is 42.5 Å². The predicted molar refractivity (Wildman–Crippen MR) is 75.8 cm³/mol. The van der Waals surface area contributed by atoms with Gasteiger partial charge in [-0.15, -0.1) is 0 Å². The monoisotopic (exact) mass is 292 g/mol. The van der Waals surface area contributed by atoms with Crippen LogP contribution in [0, 0.1) is 0 Å². The van der Waals surface area contributed by atoms with Gasteiger partial charge in [0.05, 0.1) is 4.90 Å². The van der Waals surface area contributed by atoms with E-state index in [1.165, 1.54) is 12.1 Å². The number of carbonyl (C=O) groups excluding carboxylic acids is 1. The molecule has 0 N–H and O–H groups in total. The number of carbonyl (C=O) groups is 1. The van der Waals surface area contributed by atoms with E-state index in [2.05, 4.69) is 0 Å². The molecule has 0 heterocycles. The lowest BCUT2D eigenvalue weighted by atomic mass is 10.4. The first-order valence-corrected chi connectivity index (χ1v) is 8.08. The number of rotatable bonds is 4. The van der Waals surface area contributed by atoms with Crippen molar-refractivity contribution in [1.82, 2.24) is 0 Å². The van der Waals surface area contributed by atoms with Crippen molar-refractivity contribution in [3.63, 3.8) is 0 Å². The Bertz CT molecular complexity index is 650. The maximum absolute atomic E-state index is 12.0. The Morgan fingerprint density at radius 1 is 0.895 bits per heavy atom. The number of benzene rings is 2. The van der Waals surface area contributed by atoms with E-state index in [1.807, 2.05) is 6.07 Å². The van der Waals surface area contributed by atoms with Crippen LogP contribution < -0.4 is 0 Å². The highest BCUT2D eigenvalue weighted by Gasteiger charge is 2.19. The van der Waals surface area contributed by atoms with E-state index in [9.17, 15) is 13.2 Å². The fraction of sp³-hybridized carbons (Fsp3) is 0.0714. The van der Waals surface area contributed by atoms with E-state index >= 15 is 0 Å². The van der Waals surface area contributed by atoms with Gasteiger partial charge in [0.2, 0.25) is 5.12 Å². The molecule has 0 aliphatic rings. The van der Waals surface area contributed by atoms with Crippen LogP contribution in [0.5, 0.6) is 0 Å². The molecule has 2 rings (SSSR count). The van der Waals surface area contributed by atoms with Crippen LogP contribution in [-0.4, -0.2) is 19.3 Å². The van der Waals surface area contributed by atoms with Crippen molar-refractivity contribution in [1.29, 1.82) is 0 Å². The molecule has 0 atom stereocenters. The van der Waals surface area contributed by atoms with Gasteiger partial charge in [0, 0.05) is 4.90 Å². The topological polar surface area (TPSA) is 51.2 Å². The second kappa shape index (κ2) is 6.04. The van der Waals surface area contributed by atoms with E-state index < -0.39 is 15.6 Å². The Morgan fingerprint density at radius 2 is 1.42 bits per heavy atom. The molecule has 0 aliphatic heterocycles. The molecule has 2 aromatic rings. The summed E-state index contributed by atoms with van der Waals surface area (Å²) in [5.74, 6) is -0.490. The van der Waals surface area contributed by atoms with Crippen LogP contribution in [0.4, 0.5) is 0 Å². The van der Waals surface area contributed by atoms with Crippen molar-refractivity contribution >= 4 is 26.7 Å². The molecule has 0 radical (unpaired) electrons. The van der Waals surface area contributed by atoms with Crippen LogP contribution in [0.3, 0.4) is 0 Å². The average Bonchev–Trinajstić information content (AvgIpc) is 2.40. The molecule has 0 saturated carbocycles. The van der Waals surface area contributed by atoms with Crippen LogP contribution >= 0.6 is 11.8 Å². The van der Waals surface area contributed by atoms with Gasteiger partial charge < -0.3 is 0 Å². The molecule has 0 amide bonds. The highest BCUT2D eigenvalue weighted by atomic mass is 32.2. The first-order chi connectivity index (χ1) is 9.08. The zero-order chi connectivity index (χ0) is 13.7. The molecule has 0 aliphatic carbocycles. The standard InChI is InChI=1S/C14H12O3S2/c15-14(18-12-7-3-1-4-8-12)11-19(16,17)13-9-5-2-6-10-13/h1-10H,11H2. The Hall–Kier alpha value is -1.59. The Balaban J connectivity index is 2.07. The molecule has 0 unspecified atom stereocenters. The third-order valence-corrected chi connectivity index (χ3v) is 5.08. The third-order valence-electron chi connectivity index (χ3n) is 2.39. The summed E-state index contributed by atoms with van der Waals surface area (Å²) in [6, 6.07) is 17.0. The maximum atomic E-state index is 12.0. The van der Waals surface area contributed by atoms with Crippen LogP contribution in [0.1, 0.15) is 0 Å². The van der Waals surface area contributed by atoms with Gasteiger partial charge in [0.15, 0.2) is 9.84 Å². The lowest BCUT2D eigenvalue weighted by Gasteiger charge is -2.03. The minimum absolute atomic E-state index is 0.178. The summed E-state index contributed by atoms with van der Waals surface area (Å²) < 4.78 is 24.0. The normalized spacial score (nSPS) is 11.2. The minimum Gasteiger partial charge on any atom is -0.286 e. The van der Waals surface area contributed by atoms with Crippen molar-refractivity contribution in [2.24, 2.45) is 0 Å². The predicted octanol–water partition coefficient (Wildman–Crippen LogP) is 2.78. The van der Waals surface area contributed by atoms with Gasteiger partial charge >= 0.3 is 0 Å². The molecule has 0 fully saturated rings. The number of hydrogen-bond donors (Lipinski definition) is 0. The lowest BCUT2D eigenvalue weighted by molar-refractivity contribution is -0.108. The highest BCUT2D eigenvalue weighted by molar-refractivity contribution is 8.15. The van der Waals surface area contributed by atoms with E-state index in [4.69, 9.17) is 0 Å². The summed E-state index contributed by atoms with van der Waals surface area (Å²) in [5, 5.41) is -0.380. The van der Waals surface area contributed by atoms with Crippen molar-refractivity contribution in [3.8, 4) is 0 Å². The summed E-state index contributed by atoms with van der Waals surface area (Å²) in [6.45, 7) is 0. The summed E-state index contributed by atoms with van der Waals surface area (Å²) in [5.41, 5.74) is 0. The number of sulfone groups is 1. The Kier molecular flexibility index (Phi) is 4.39. The summed E-state index contributed by atoms with van der Waals surface area (Å²) >= 11 is 0.947. The van der Waals surface area contributed by atoms with Crippen molar-refractivity contribution < 1.29 is 13.2 Å². The second-order valence-electron chi connectivity index (χ2n) is 3.86. The lowest BCUT2D eigenvalue weighted by Crippen LogP contribution is -2.13. The molecular weight excluding hydrogens is 280 g/mol. The van der Waals surface area contributed by atoms with Crippen molar-refractivity contribution in [2.75, 3.05) is 5.75 Å². The zero-order valence-corrected chi connectivity index (χ0v) is 11.7. The first-order valence-electron chi connectivity index (χ1n) is 5.61. The molecular formula is C14H12O3S2. The van der Waals surface area contributed by atoms with Gasteiger partial charge in [0.25, 0.3) is 0 Å². The van der Waals surface area contributed by atoms with Gasteiger partial charge in [-0.3, -0.25) is 4.79 Å². The van der Waals surface area contributed by atoms with Crippen molar-refractivity contribution in [3.05, 3.63) is 60.7 Å². The molecule has 2 aromatic carbocycles. The quantitative estimate of drug-likeness (QED) is 0.813. The van der Waals surface area contributed by atoms with Crippen LogP contribution in [-0.2, 0) is 14.6 Å². The fourth-order valence-electron chi connectivity index (χ4n) is 1.52.